The van der Waals surface area contributed by atoms with Crippen LogP contribution in [0.1, 0.15) is 66.2 Å². The van der Waals surface area contributed by atoms with Crippen LogP contribution in [0.5, 0.6) is 0 Å². The van der Waals surface area contributed by atoms with E-state index in [-0.39, 0.29) is 17.0 Å². The highest BCUT2D eigenvalue weighted by Crippen LogP contribution is 2.63. The molecule has 0 heterocycles. The molecular formula is C19H46BrN4O2P. The lowest BCUT2D eigenvalue weighted by Crippen LogP contribution is -3.00. The number of nitrogens with zero attached hydrogens (tertiary/aromatic N) is 3. The van der Waals surface area contributed by atoms with E-state index in [4.69, 9.17) is 9.47 Å². The minimum Gasteiger partial charge on any atom is -1.00 e. The van der Waals surface area contributed by atoms with E-state index in [0.29, 0.717) is 0 Å². The van der Waals surface area contributed by atoms with Crippen LogP contribution in [-0.4, -0.2) is 74.9 Å². The lowest BCUT2D eigenvalue weighted by atomic mass is 10.3. The fourth-order valence-electron chi connectivity index (χ4n) is 3.06. The van der Waals surface area contributed by atoms with Crippen LogP contribution < -0.4 is 22.1 Å². The first-order chi connectivity index (χ1) is 12.3. The van der Waals surface area contributed by atoms with Gasteiger partial charge in [0.1, 0.15) is 0 Å². The van der Waals surface area contributed by atoms with Gasteiger partial charge in [0.2, 0.25) is 0 Å². The zero-order valence-electron chi connectivity index (χ0n) is 19.3. The van der Waals surface area contributed by atoms with Gasteiger partial charge < -0.3 is 26.5 Å². The average molecular weight is 473 g/mol. The van der Waals surface area contributed by atoms with E-state index >= 15 is 0 Å². The van der Waals surface area contributed by atoms with Crippen LogP contribution in [0.3, 0.4) is 0 Å². The molecule has 0 aromatic rings. The Kier molecular flexibility index (Phi) is 17.1. The molecule has 0 fully saturated rings. The number of methoxy groups -OCH3 is 2. The van der Waals surface area contributed by atoms with Crippen LogP contribution in [0.2, 0.25) is 0 Å². The van der Waals surface area contributed by atoms with Crippen molar-refractivity contribution in [1.29, 1.82) is 0 Å². The molecule has 166 valence electrons. The van der Waals surface area contributed by atoms with Crippen molar-refractivity contribution in [1.82, 2.24) is 19.1 Å². The smallest absolute Gasteiger partial charge is 0.310 e. The van der Waals surface area contributed by atoms with Gasteiger partial charge in [-0.15, -0.1) is 14.0 Å². The van der Waals surface area contributed by atoms with Crippen molar-refractivity contribution in [3.05, 3.63) is 0 Å². The van der Waals surface area contributed by atoms with Crippen molar-refractivity contribution in [2.45, 2.75) is 72.1 Å². The van der Waals surface area contributed by atoms with E-state index in [2.05, 4.69) is 61.0 Å². The minimum atomic E-state index is -2.01. The molecule has 8 heteroatoms. The monoisotopic (exact) mass is 472 g/mol. The van der Waals surface area contributed by atoms with Gasteiger partial charge in [-0.3, -0.25) is 0 Å². The summed E-state index contributed by atoms with van der Waals surface area (Å²) < 4.78 is 19.0. The molecular weight excluding hydrogens is 427 g/mol. The standard InChI is InChI=1S/C19H46N4O2P.BrH/c1-10-13-16-21(5)26(22(6)17-14-11-2,23(7)18-15-12-3)20-19(4,24-8)25-9;/h20H,10-18H2,1-9H3;1H/q+1;/p-1. The SMILES string of the molecule is CCCCN(C)[P+](NC(C)(OC)OC)(N(C)CCCC)N(C)CCCC.[Br-]. The molecule has 0 atom stereocenters. The summed E-state index contributed by atoms with van der Waals surface area (Å²) in [5.74, 6) is -0.824. The maximum Gasteiger partial charge on any atom is 0.310 e. The second-order valence-electron chi connectivity index (χ2n) is 7.24. The molecule has 0 saturated heterocycles. The Balaban J connectivity index is 0. The fraction of sp³-hybridized carbons (Fsp3) is 1.00. The van der Waals surface area contributed by atoms with Crippen LogP contribution in [0.15, 0.2) is 0 Å². The van der Waals surface area contributed by atoms with Crippen molar-refractivity contribution in [2.75, 3.05) is 55.0 Å². The second kappa shape index (κ2) is 15.5. The van der Waals surface area contributed by atoms with Crippen LogP contribution in [0, 0.1) is 0 Å². The third-order valence-corrected chi connectivity index (χ3v) is 9.23. The normalized spacial score (nSPS) is 12.9. The Morgan fingerprint density at radius 3 is 1.26 bits per heavy atom. The van der Waals surface area contributed by atoms with Crippen molar-refractivity contribution in [3.63, 3.8) is 0 Å². The molecule has 27 heavy (non-hydrogen) atoms. The Labute approximate surface area is 180 Å². The van der Waals surface area contributed by atoms with Gasteiger partial charge in [-0.25, -0.2) is 0 Å². The third-order valence-electron chi connectivity index (χ3n) is 5.07. The first kappa shape index (κ1) is 29.9. The van der Waals surface area contributed by atoms with Gasteiger partial charge >= 0.3 is 7.87 Å². The maximum atomic E-state index is 5.72. The predicted octanol–water partition coefficient (Wildman–Crippen LogP) is 1.42. The van der Waals surface area contributed by atoms with Crippen molar-refractivity contribution < 1.29 is 26.5 Å². The summed E-state index contributed by atoms with van der Waals surface area (Å²) in [4.78, 5) is 0. The Bertz CT molecular complexity index is 327. The lowest BCUT2D eigenvalue weighted by molar-refractivity contribution is -0.202. The van der Waals surface area contributed by atoms with Crippen molar-refractivity contribution in [3.8, 4) is 0 Å². The minimum absolute atomic E-state index is 0. The molecule has 0 aromatic carbocycles. The number of nitrogens with one attached hydrogen (secondary N) is 1. The third kappa shape index (κ3) is 8.91. The molecule has 0 aromatic heterocycles. The van der Waals surface area contributed by atoms with Crippen LogP contribution in [0.25, 0.3) is 0 Å². The van der Waals surface area contributed by atoms with E-state index in [1.807, 2.05) is 6.92 Å². The molecule has 1 N–H and O–H groups in total. The number of ether oxygens (including phenoxy) is 2. The summed E-state index contributed by atoms with van der Waals surface area (Å²) in [5.41, 5.74) is 0. The summed E-state index contributed by atoms with van der Waals surface area (Å²) in [5, 5.41) is 3.81. The average Bonchev–Trinajstić information content (AvgIpc) is 2.65. The lowest BCUT2D eigenvalue weighted by Gasteiger charge is -2.46. The van der Waals surface area contributed by atoms with Gasteiger partial charge in [0.05, 0.1) is 0 Å². The second-order valence-corrected chi connectivity index (χ2v) is 10.6. The van der Waals surface area contributed by atoms with Gasteiger partial charge in [0, 0.05) is 61.9 Å². The summed E-state index contributed by atoms with van der Waals surface area (Å²) in [7, 11) is 8.12. The first-order valence-electron chi connectivity index (χ1n) is 10.2. The van der Waals surface area contributed by atoms with Gasteiger partial charge in [-0.1, -0.05) is 45.1 Å². The number of hydrogen-bond acceptors (Lipinski definition) is 6. The number of halogens is 1. The highest BCUT2D eigenvalue weighted by molar-refractivity contribution is 7.67. The van der Waals surface area contributed by atoms with Gasteiger partial charge in [-0.2, -0.15) is 0 Å². The number of rotatable bonds is 16. The van der Waals surface area contributed by atoms with Gasteiger partial charge in [-0.05, 0) is 19.3 Å². The van der Waals surface area contributed by atoms with E-state index in [1.54, 1.807) is 14.2 Å². The molecule has 0 radical (unpaired) electrons. The zero-order valence-corrected chi connectivity index (χ0v) is 21.8. The van der Waals surface area contributed by atoms with Crippen LogP contribution >= 0.6 is 7.87 Å². The summed E-state index contributed by atoms with van der Waals surface area (Å²) >= 11 is 0. The maximum absolute atomic E-state index is 5.72. The molecule has 0 rings (SSSR count). The Morgan fingerprint density at radius 2 is 1.04 bits per heavy atom. The molecule has 0 unspecified atom stereocenters. The molecule has 0 aliphatic rings. The summed E-state index contributed by atoms with van der Waals surface area (Å²) in [6.45, 7) is 11.9. The molecule has 0 aliphatic heterocycles. The predicted molar refractivity (Wildman–Crippen MR) is 115 cm³/mol. The van der Waals surface area contributed by atoms with E-state index in [9.17, 15) is 0 Å². The highest BCUT2D eigenvalue weighted by Gasteiger charge is 2.56. The summed E-state index contributed by atoms with van der Waals surface area (Å²) in [6, 6.07) is 0. The van der Waals surface area contributed by atoms with Crippen LogP contribution in [-0.2, 0) is 9.47 Å². The quantitative estimate of drug-likeness (QED) is 0.270. The molecule has 0 amide bonds. The Hall–Kier alpha value is 0.670. The zero-order chi connectivity index (χ0) is 20.2. The number of unbranched alkanes of at least 4 members (excludes halogenated alkanes) is 3. The molecule has 0 spiro atoms. The topological polar surface area (TPSA) is 40.2 Å². The number of hydrogen-bond donors (Lipinski definition) is 1. The largest absolute Gasteiger partial charge is 1.00 e. The van der Waals surface area contributed by atoms with E-state index < -0.39 is 13.8 Å². The van der Waals surface area contributed by atoms with Crippen molar-refractivity contribution >= 4 is 7.87 Å². The first-order valence-corrected chi connectivity index (χ1v) is 11.9. The molecule has 0 saturated carbocycles. The van der Waals surface area contributed by atoms with Gasteiger partial charge in [0.25, 0.3) is 5.91 Å². The van der Waals surface area contributed by atoms with Gasteiger partial charge in [0.15, 0.2) is 0 Å². The molecule has 6 nitrogen and oxygen atoms in total. The van der Waals surface area contributed by atoms with Crippen molar-refractivity contribution in [2.24, 2.45) is 0 Å². The fourth-order valence-corrected chi connectivity index (χ4v) is 7.13. The van der Waals surface area contributed by atoms with E-state index in [0.717, 1.165) is 19.6 Å². The highest BCUT2D eigenvalue weighted by atomic mass is 79.9. The van der Waals surface area contributed by atoms with E-state index in [1.165, 1.54) is 38.5 Å². The van der Waals surface area contributed by atoms with Crippen LogP contribution in [0.4, 0.5) is 0 Å². The summed E-state index contributed by atoms with van der Waals surface area (Å²) in [6.07, 6.45) is 7.11. The molecule has 0 aliphatic carbocycles. The molecule has 0 bridgehead atoms. The Morgan fingerprint density at radius 1 is 0.741 bits per heavy atom.